The van der Waals surface area contributed by atoms with Crippen molar-refractivity contribution in [2.24, 2.45) is 5.73 Å². The van der Waals surface area contributed by atoms with E-state index >= 15 is 0 Å². The van der Waals surface area contributed by atoms with E-state index in [1.54, 1.807) is 23.7 Å². The summed E-state index contributed by atoms with van der Waals surface area (Å²) in [5.74, 6) is -0.679. The Balaban J connectivity index is 1.82. The molecule has 1 aromatic heterocycles. The van der Waals surface area contributed by atoms with E-state index in [4.69, 9.17) is 10.9 Å². The molecule has 0 radical (unpaired) electrons. The first-order valence-electron chi connectivity index (χ1n) is 8.20. The van der Waals surface area contributed by atoms with Crippen molar-refractivity contribution < 1.29 is 19.9 Å². The Labute approximate surface area is 151 Å². The zero-order valence-corrected chi connectivity index (χ0v) is 14.2. The molecule has 1 heterocycles. The summed E-state index contributed by atoms with van der Waals surface area (Å²) in [5, 5.41) is 20.4. The van der Waals surface area contributed by atoms with E-state index in [1.807, 2.05) is 12.1 Å². The summed E-state index contributed by atoms with van der Waals surface area (Å²) in [5.41, 5.74) is 9.76. The second-order valence-corrected chi connectivity index (χ2v) is 5.89. The number of hydrogen-bond acceptors (Lipinski definition) is 6. The van der Waals surface area contributed by atoms with Crippen LogP contribution in [0.2, 0.25) is 0 Å². The van der Waals surface area contributed by atoms with Crippen LogP contribution in [0.1, 0.15) is 24.1 Å². The van der Waals surface area contributed by atoms with Gasteiger partial charge in [-0.15, -0.1) is 0 Å². The van der Waals surface area contributed by atoms with Gasteiger partial charge >= 0.3 is 0 Å². The molecule has 0 spiro atoms. The summed E-state index contributed by atoms with van der Waals surface area (Å²) in [6.45, 7) is 0. The van der Waals surface area contributed by atoms with Gasteiger partial charge in [0.15, 0.2) is 0 Å². The van der Waals surface area contributed by atoms with Gasteiger partial charge in [-0.05, 0) is 42.7 Å². The molecule has 2 rings (SSSR count). The van der Waals surface area contributed by atoms with Crippen LogP contribution < -0.4 is 16.5 Å². The molecule has 0 aliphatic rings. The summed E-state index contributed by atoms with van der Waals surface area (Å²) in [6.07, 6.45) is 3.12. The number of amides is 2. The number of carbonyl (C=O) groups is 2. The number of aryl methyl sites for hydroxylation is 1. The van der Waals surface area contributed by atoms with E-state index in [9.17, 15) is 14.7 Å². The van der Waals surface area contributed by atoms with Crippen LogP contribution in [0, 0.1) is 0 Å². The number of rotatable bonds is 8. The maximum Gasteiger partial charge on any atom is 0.243 e. The number of aromatic nitrogens is 1. The van der Waals surface area contributed by atoms with Crippen LogP contribution in [0.25, 0.3) is 0 Å². The van der Waals surface area contributed by atoms with Gasteiger partial charge in [0, 0.05) is 24.2 Å². The maximum absolute atomic E-state index is 12.2. The van der Waals surface area contributed by atoms with E-state index in [0.29, 0.717) is 24.2 Å². The van der Waals surface area contributed by atoms with E-state index in [2.05, 4.69) is 10.3 Å². The number of aromatic hydroxyl groups is 1. The highest BCUT2D eigenvalue weighted by atomic mass is 16.5. The lowest BCUT2D eigenvalue weighted by Gasteiger charge is -2.12. The third kappa shape index (κ3) is 6.15. The van der Waals surface area contributed by atoms with Crippen molar-refractivity contribution in [3.05, 3.63) is 53.9 Å². The van der Waals surface area contributed by atoms with Crippen LogP contribution in [0.15, 0.2) is 42.6 Å². The molecule has 8 heteroatoms. The number of nitrogens with two attached hydrogens (primary N) is 1. The summed E-state index contributed by atoms with van der Waals surface area (Å²) < 4.78 is 0. The Morgan fingerprint density at radius 2 is 1.88 bits per heavy atom. The van der Waals surface area contributed by atoms with Gasteiger partial charge in [0.05, 0.1) is 12.2 Å². The minimum Gasteiger partial charge on any atom is -0.506 e. The molecule has 0 aliphatic carbocycles. The first-order chi connectivity index (χ1) is 12.5. The highest BCUT2D eigenvalue weighted by Gasteiger charge is 2.15. The first-order valence-corrected chi connectivity index (χ1v) is 8.20. The molecule has 26 heavy (non-hydrogen) atoms. The second-order valence-electron chi connectivity index (χ2n) is 5.89. The number of nitrogens with one attached hydrogen (secondary N) is 2. The molecule has 2 aromatic rings. The molecule has 1 atom stereocenters. The molecule has 2 amide bonds. The van der Waals surface area contributed by atoms with Gasteiger partial charge in [0.2, 0.25) is 11.8 Å². The zero-order valence-electron chi connectivity index (χ0n) is 14.2. The molecule has 0 fully saturated rings. The summed E-state index contributed by atoms with van der Waals surface area (Å²) >= 11 is 0. The molecular weight excluding hydrogens is 336 g/mol. The number of anilines is 1. The lowest BCUT2D eigenvalue weighted by Crippen LogP contribution is -2.37. The predicted octanol–water partition coefficient (Wildman–Crippen LogP) is 1.12. The smallest absolute Gasteiger partial charge is 0.243 e. The second kappa shape index (κ2) is 9.50. The number of hydroxylamine groups is 1. The molecule has 0 bridgehead atoms. The minimum absolute atomic E-state index is 0.0591. The van der Waals surface area contributed by atoms with Gasteiger partial charge in [0.25, 0.3) is 0 Å². The molecule has 1 aromatic carbocycles. The molecule has 0 aliphatic heterocycles. The molecule has 6 N–H and O–H groups in total. The summed E-state index contributed by atoms with van der Waals surface area (Å²) in [6, 6.07) is 9.61. The monoisotopic (exact) mass is 358 g/mol. The average molecular weight is 358 g/mol. The van der Waals surface area contributed by atoms with Crippen molar-refractivity contribution >= 4 is 17.5 Å². The fourth-order valence-corrected chi connectivity index (χ4v) is 2.35. The lowest BCUT2D eigenvalue weighted by atomic mass is 10.1. The Bertz CT molecular complexity index is 732. The van der Waals surface area contributed by atoms with Crippen LogP contribution in [0.5, 0.6) is 5.75 Å². The number of hydrogen-bond donors (Lipinski definition) is 5. The molecule has 138 valence electrons. The Hall–Kier alpha value is -2.97. The van der Waals surface area contributed by atoms with Gasteiger partial charge in [-0.2, -0.15) is 0 Å². The van der Waals surface area contributed by atoms with Crippen LogP contribution in [-0.2, 0) is 22.4 Å². The van der Waals surface area contributed by atoms with Gasteiger partial charge in [-0.25, -0.2) is 5.48 Å². The molecule has 8 nitrogen and oxygen atoms in total. The fourth-order valence-electron chi connectivity index (χ4n) is 2.35. The third-order valence-corrected chi connectivity index (χ3v) is 3.79. The van der Waals surface area contributed by atoms with Crippen LogP contribution >= 0.6 is 0 Å². The molecule has 0 saturated carbocycles. The van der Waals surface area contributed by atoms with Gasteiger partial charge in [-0.3, -0.25) is 19.8 Å². The Kier molecular flexibility index (Phi) is 7.07. The Morgan fingerprint density at radius 1 is 1.15 bits per heavy atom. The lowest BCUT2D eigenvalue weighted by molar-refractivity contribution is -0.129. The first kappa shape index (κ1) is 19.4. The van der Waals surface area contributed by atoms with Crippen LogP contribution in [0.3, 0.4) is 0 Å². The average Bonchev–Trinajstić information content (AvgIpc) is 2.64. The van der Waals surface area contributed by atoms with Crippen molar-refractivity contribution in [3.8, 4) is 5.75 Å². The van der Waals surface area contributed by atoms with Crippen molar-refractivity contribution in [2.75, 3.05) is 5.32 Å². The zero-order chi connectivity index (χ0) is 18.9. The van der Waals surface area contributed by atoms with Crippen molar-refractivity contribution in [1.82, 2.24) is 10.5 Å². The summed E-state index contributed by atoms with van der Waals surface area (Å²) in [7, 11) is 0. The SMILES string of the molecule is NC(Cc1ccc(O)cn1)C(=O)Nc1ccc(CCCC(=O)NO)cc1. The van der Waals surface area contributed by atoms with E-state index < -0.39 is 11.9 Å². The minimum atomic E-state index is -0.760. The highest BCUT2D eigenvalue weighted by molar-refractivity contribution is 5.94. The topological polar surface area (TPSA) is 138 Å². The number of benzene rings is 1. The third-order valence-electron chi connectivity index (χ3n) is 3.79. The maximum atomic E-state index is 12.2. The van der Waals surface area contributed by atoms with Gasteiger partial charge in [0.1, 0.15) is 5.75 Å². The van der Waals surface area contributed by atoms with E-state index in [0.717, 1.165) is 5.56 Å². The van der Waals surface area contributed by atoms with E-state index in [1.165, 1.54) is 12.3 Å². The van der Waals surface area contributed by atoms with E-state index in [-0.39, 0.29) is 24.5 Å². The van der Waals surface area contributed by atoms with Crippen molar-refractivity contribution in [1.29, 1.82) is 0 Å². The highest BCUT2D eigenvalue weighted by Crippen LogP contribution is 2.13. The number of carbonyl (C=O) groups excluding carboxylic acids is 2. The number of nitrogens with zero attached hydrogens (tertiary/aromatic N) is 1. The normalized spacial score (nSPS) is 11.6. The molecule has 0 saturated heterocycles. The molecular formula is C18H22N4O4. The standard InChI is InChI=1S/C18H22N4O4/c19-16(10-14-8-9-15(23)11-20-14)18(25)21-13-6-4-12(5-7-13)2-1-3-17(24)22-26/h4-9,11,16,23,26H,1-3,10,19H2,(H,21,25)(H,22,24). The predicted molar refractivity (Wildman–Crippen MR) is 95.5 cm³/mol. The van der Waals surface area contributed by atoms with Crippen LogP contribution in [0.4, 0.5) is 5.69 Å². The van der Waals surface area contributed by atoms with Gasteiger partial charge in [-0.1, -0.05) is 12.1 Å². The van der Waals surface area contributed by atoms with Crippen molar-refractivity contribution in [2.45, 2.75) is 31.7 Å². The largest absolute Gasteiger partial charge is 0.506 e. The quantitative estimate of drug-likeness (QED) is 0.354. The molecule has 1 unspecified atom stereocenters. The van der Waals surface area contributed by atoms with Crippen molar-refractivity contribution in [3.63, 3.8) is 0 Å². The van der Waals surface area contributed by atoms with Crippen LogP contribution in [-0.4, -0.2) is 33.2 Å². The fraction of sp³-hybridized carbons (Fsp3) is 0.278. The number of pyridine rings is 1. The van der Waals surface area contributed by atoms with Gasteiger partial charge < -0.3 is 16.2 Å². The Morgan fingerprint density at radius 3 is 2.50 bits per heavy atom. The summed E-state index contributed by atoms with van der Waals surface area (Å²) in [4.78, 5) is 27.1.